The summed E-state index contributed by atoms with van der Waals surface area (Å²) in [6, 6.07) is 0. The lowest BCUT2D eigenvalue weighted by molar-refractivity contribution is -0.119. The van der Waals surface area contributed by atoms with Crippen molar-refractivity contribution in [1.82, 2.24) is 4.90 Å². The van der Waals surface area contributed by atoms with E-state index in [1.165, 1.54) is 0 Å². The Labute approximate surface area is 73.9 Å². The fourth-order valence-corrected chi connectivity index (χ4v) is 0.945. The van der Waals surface area contributed by atoms with Crippen LogP contribution >= 0.6 is 0 Å². The number of amides is 1. The molecule has 0 aliphatic carbocycles. The van der Waals surface area contributed by atoms with E-state index in [0.29, 0.717) is 6.54 Å². The molecule has 0 unspecified atom stereocenters. The topological polar surface area (TPSA) is 46.3 Å². The van der Waals surface area contributed by atoms with Gasteiger partial charge in [-0.3, -0.25) is 9.69 Å². The molecule has 0 aromatic carbocycles. The van der Waals surface area contributed by atoms with Crippen LogP contribution in [0.15, 0.2) is 0 Å². The first-order chi connectivity index (χ1) is 5.70. The van der Waals surface area contributed by atoms with Crippen LogP contribution in [-0.4, -0.2) is 30.4 Å². The first-order valence-electron chi connectivity index (χ1n) is 4.14. The van der Waals surface area contributed by atoms with E-state index in [0.717, 1.165) is 19.4 Å². The average Bonchev–Trinajstić information content (AvgIpc) is 2.00. The third kappa shape index (κ3) is 5.75. The zero-order valence-corrected chi connectivity index (χ0v) is 7.55. The van der Waals surface area contributed by atoms with Gasteiger partial charge in [-0.15, -0.1) is 6.42 Å². The summed E-state index contributed by atoms with van der Waals surface area (Å²) in [5, 5.41) is 0. The number of terminal acetylenes is 1. The molecule has 1 amide bonds. The van der Waals surface area contributed by atoms with Gasteiger partial charge in [0, 0.05) is 0 Å². The molecular formula is C9H16N2O. The lowest BCUT2D eigenvalue weighted by atomic mass is 10.3. The molecule has 0 spiro atoms. The highest BCUT2D eigenvalue weighted by molar-refractivity contribution is 5.75. The molecule has 0 saturated heterocycles. The molecule has 0 aromatic rings. The van der Waals surface area contributed by atoms with E-state index in [-0.39, 0.29) is 12.5 Å². The lowest BCUT2D eigenvalue weighted by Gasteiger charge is -2.16. The third-order valence-electron chi connectivity index (χ3n) is 1.52. The van der Waals surface area contributed by atoms with Gasteiger partial charge in [-0.05, 0) is 13.0 Å². The van der Waals surface area contributed by atoms with Crippen LogP contribution in [0.5, 0.6) is 0 Å². The van der Waals surface area contributed by atoms with Crippen molar-refractivity contribution in [3.8, 4) is 12.3 Å². The average molecular weight is 168 g/mol. The molecule has 0 rings (SSSR count). The molecular weight excluding hydrogens is 152 g/mol. The zero-order valence-electron chi connectivity index (χ0n) is 7.55. The number of carbonyl (C=O) groups excluding carboxylic acids is 1. The molecule has 12 heavy (non-hydrogen) atoms. The molecule has 3 nitrogen and oxygen atoms in total. The predicted molar refractivity (Wildman–Crippen MR) is 49.4 cm³/mol. The monoisotopic (exact) mass is 168 g/mol. The Balaban J connectivity index is 3.71. The number of nitrogens with two attached hydrogens (primary N) is 1. The Bertz CT molecular complexity index is 172. The molecule has 0 fully saturated rings. The fraction of sp³-hybridized carbons (Fsp3) is 0.667. The summed E-state index contributed by atoms with van der Waals surface area (Å²) in [5.74, 6) is 2.18. The van der Waals surface area contributed by atoms with Gasteiger partial charge >= 0.3 is 0 Å². The van der Waals surface area contributed by atoms with E-state index >= 15 is 0 Å². The Hall–Kier alpha value is -1.01. The summed E-state index contributed by atoms with van der Waals surface area (Å²) in [6.45, 7) is 3.72. The molecule has 0 aliphatic heterocycles. The Morgan fingerprint density at radius 3 is 2.75 bits per heavy atom. The van der Waals surface area contributed by atoms with Crippen LogP contribution in [0.4, 0.5) is 0 Å². The van der Waals surface area contributed by atoms with Gasteiger partial charge in [0.2, 0.25) is 5.91 Å². The SMILES string of the molecule is C#CCN(CCCC)CC(N)=O. The molecule has 0 aromatic heterocycles. The van der Waals surface area contributed by atoms with Gasteiger partial charge in [0.1, 0.15) is 0 Å². The normalized spacial score (nSPS) is 9.75. The summed E-state index contributed by atoms with van der Waals surface area (Å²) < 4.78 is 0. The molecule has 0 aliphatic rings. The van der Waals surface area contributed by atoms with Gasteiger partial charge in [-0.25, -0.2) is 0 Å². The first-order valence-corrected chi connectivity index (χ1v) is 4.14. The van der Waals surface area contributed by atoms with Crippen LogP contribution in [0.3, 0.4) is 0 Å². The van der Waals surface area contributed by atoms with E-state index in [1.54, 1.807) is 0 Å². The van der Waals surface area contributed by atoms with Gasteiger partial charge in [0.25, 0.3) is 0 Å². The maximum absolute atomic E-state index is 10.6. The van der Waals surface area contributed by atoms with Crippen LogP contribution in [0, 0.1) is 12.3 Å². The van der Waals surface area contributed by atoms with Gasteiger partial charge in [-0.1, -0.05) is 19.3 Å². The highest BCUT2D eigenvalue weighted by atomic mass is 16.1. The summed E-state index contributed by atoms with van der Waals surface area (Å²) in [6.07, 6.45) is 7.28. The van der Waals surface area contributed by atoms with Crippen molar-refractivity contribution in [2.75, 3.05) is 19.6 Å². The number of unbranched alkanes of at least 4 members (excludes halogenated alkanes) is 1. The number of hydrogen-bond acceptors (Lipinski definition) is 2. The van der Waals surface area contributed by atoms with Crippen LogP contribution in [-0.2, 0) is 4.79 Å². The second kappa shape index (κ2) is 6.68. The molecule has 0 atom stereocenters. The van der Waals surface area contributed by atoms with E-state index in [4.69, 9.17) is 12.2 Å². The molecule has 0 heterocycles. The second-order valence-electron chi connectivity index (χ2n) is 2.73. The van der Waals surface area contributed by atoms with Gasteiger partial charge < -0.3 is 5.73 Å². The minimum absolute atomic E-state index is 0.268. The summed E-state index contributed by atoms with van der Waals surface area (Å²) >= 11 is 0. The molecule has 2 N–H and O–H groups in total. The van der Waals surface area contributed by atoms with E-state index in [2.05, 4.69) is 12.8 Å². The molecule has 68 valence electrons. The van der Waals surface area contributed by atoms with Crippen molar-refractivity contribution in [1.29, 1.82) is 0 Å². The smallest absolute Gasteiger partial charge is 0.231 e. The van der Waals surface area contributed by atoms with E-state index in [1.807, 2.05) is 4.90 Å². The van der Waals surface area contributed by atoms with Crippen molar-refractivity contribution in [3.05, 3.63) is 0 Å². The minimum atomic E-state index is -0.318. The van der Waals surface area contributed by atoms with Crippen molar-refractivity contribution in [2.45, 2.75) is 19.8 Å². The quantitative estimate of drug-likeness (QED) is 0.576. The summed E-state index contributed by atoms with van der Waals surface area (Å²) in [7, 11) is 0. The third-order valence-corrected chi connectivity index (χ3v) is 1.52. The predicted octanol–water partition coefficient (Wildman–Crippen LogP) is 0.207. The van der Waals surface area contributed by atoms with Gasteiger partial charge in [0.15, 0.2) is 0 Å². The minimum Gasteiger partial charge on any atom is -0.369 e. The highest BCUT2D eigenvalue weighted by Gasteiger charge is 2.04. The lowest BCUT2D eigenvalue weighted by Crippen LogP contribution is -2.34. The number of hydrogen-bond donors (Lipinski definition) is 1. The van der Waals surface area contributed by atoms with E-state index in [9.17, 15) is 4.79 Å². The Morgan fingerprint density at radius 2 is 2.33 bits per heavy atom. The van der Waals surface area contributed by atoms with Crippen LogP contribution in [0.1, 0.15) is 19.8 Å². The number of rotatable bonds is 6. The largest absolute Gasteiger partial charge is 0.369 e. The van der Waals surface area contributed by atoms with Crippen LogP contribution in [0.2, 0.25) is 0 Å². The molecule has 0 bridgehead atoms. The van der Waals surface area contributed by atoms with Crippen LogP contribution in [0.25, 0.3) is 0 Å². The maximum Gasteiger partial charge on any atom is 0.231 e. The Morgan fingerprint density at radius 1 is 1.67 bits per heavy atom. The van der Waals surface area contributed by atoms with Crippen molar-refractivity contribution in [2.24, 2.45) is 5.73 Å². The molecule has 3 heteroatoms. The maximum atomic E-state index is 10.6. The summed E-state index contributed by atoms with van der Waals surface area (Å²) in [5.41, 5.74) is 5.05. The highest BCUT2D eigenvalue weighted by Crippen LogP contribution is 1.93. The number of primary amides is 1. The molecule has 0 saturated carbocycles. The van der Waals surface area contributed by atoms with Gasteiger partial charge in [-0.2, -0.15) is 0 Å². The van der Waals surface area contributed by atoms with Crippen LogP contribution < -0.4 is 5.73 Å². The van der Waals surface area contributed by atoms with Crippen molar-refractivity contribution < 1.29 is 4.79 Å². The Kier molecular flexibility index (Phi) is 6.12. The number of carbonyl (C=O) groups is 1. The zero-order chi connectivity index (χ0) is 9.40. The van der Waals surface area contributed by atoms with Gasteiger partial charge in [0.05, 0.1) is 13.1 Å². The second-order valence-corrected chi connectivity index (χ2v) is 2.73. The van der Waals surface area contributed by atoms with Crippen molar-refractivity contribution >= 4 is 5.91 Å². The fourth-order valence-electron chi connectivity index (χ4n) is 0.945. The summed E-state index contributed by atoms with van der Waals surface area (Å²) in [4.78, 5) is 12.4. The first kappa shape index (κ1) is 11.0. The standard InChI is InChI=1S/C9H16N2O/c1-3-5-7-11(6-4-2)8-9(10)12/h2H,3,5-8H2,1H3,(H2,10,12). The van der Waals surface area contributed by atoms with Crippen molar-refractivity contribution in [3.63, 3.8) is 0 Å². The molecule has 0 radical (unpaired) electrons. The number of nitrogens with zero attached hydrogens (tertiary/aromatic N) is 1. The van der Waals surface area contributed by atoms with E-state index < -0.39 is 0 Å².